The lowest BCUT2D eigenvalue weighted by Gasteiger charge is -2.23. The van der Waals surface area contributed by atoms with E-state index < -0.39 is 0 Å². The van der Waals surface area contributed by atoms with Gasteiger partial charge in [0, 0.05) is 23.5 Å². The van der Waals surface area contributed by atoms with Crippen LogP contribution in [0, 0.1) is 0 Å². The summed E-state index contributed by atoms with van der Waals surface area (Å²) >= 11 is 0. The zero-order chi connectivity index (χ0) is 18.8. The van der Waals surface area contributed by atoms with Crippen LogP contribution in [0.15, 0.2) is 30.0 Å². The maximum absolute atomic E-state index is 5.94. The minimum atomic E-state index is 0.486. The van der Waals surface area contributed by atoms with Gasteiger partial charge in [0.15, 0.2) is 0 Å². The van der Waals surface area contributed by atoms with Crippen LogP contribution in [0.25, 0.3) is 5.76 Å². The third-order valence-electron chi connectivity index (χ3n) is 4.95. The van der Waals surface area contributed by atoms with Crippen molar-refractivity contribution in [3.63, 3.8) is 0 Å². The number of nitrogens with one attached hydrogen (secondary N) is 1. The van der Waals surface area contributed by atoms with Gasteiger partial charge in [-0.2, -0.15) is 0 Å². The molecule has 1 heterocycles. The van der Waals surface area contributed by atoms with Crippen molar-refractivity contribution >= 4 is 11.4 Å². The van der Waals surface area contributed by atoms with Crippen LogP contribution in [0.2, 0.25) is 0 Å². The molecule has 1 aliphatic rings. The fraction of sp³-hybridized carbons (Fsp3) is 0.565. The number of ether oxygens (including phenoxy) is 1. The third-order valence-corrected chi connectivity index (χ3v) is 4.95. The number of allylic oxidation sites excluding steroid dienone is 2. The minimum absolute atomic E-state index is 0.486. The standard InChI is InChI=1S/C23H36N2O/c1-4-7-10-19-20(11-8-5-2)22(25-16-9-6-3)14-13-21(19)23-15-12-18(24)17-26-23/h12-15,25H,4-11,16-17,24H2,1-3H3. The summed E-state index contributed by atoms with van der Waals surface area (Å²) in [5.74, 6) is 0.961. The summed E-state index contributed by atoms with van der Waals surface area (Å²) < 4.78 is 5.94. The van der Waals surface area contributed by atoms with Gasteiger partial charge < -0.3 is 15.8 Å². The Balaban J connectivity index is 2.42. The molecule has 0 fully saturated rings. The van der Waals surface area contributed by atoms with Gasteiger partial charge in [-0.1, -0.05) is 40.0 Å². The summed E-state index contributed by atoms with van der Waals surface area (Å²) in [5, 5.41) is 3.68. The zero-order valence-electron chi connectivity index (χ0n) is 16.9. The molecule has 0 saturated carbocycles. The van der Waals surface area contributed by atoms with Gasteiger partial charge >= 0.3 is 0 Å². The van der Waals surface area contributed by atoms with Crippen molar-refractivity contribution in [2.24, 2.45) is 5.73 Å². The number of unbranched alkanes of at least 4 members (excludes halogenated alkanes) is 3. The van der Waals surface area contributed by atoms with Crippen molar-refractivity contribution in [1.29, 1.82) is 0 Å². The molecule has 1 aromatic rings. The van der Waals surface area contributed by atoms with Crippen LogP contribution in [0.1, 0.15) is 76.0 Å². The fourth-order valence-electron chi connectivity index (χ4n) is 3.38. The van der Waals surface area contributed by atoms with Crippen LogP contribution >= 0.6 is 0 Å². The highest BCUT2D eigenvalue weighted by Gasteiger charge is 2.17. The summed E-state index contributed by atoms with van der Waals surface area (Å²) in [6.07, 6.45) is 13.5. The lowest BCUT2D eigenvalue weighted by atomic mass is 9.90. The summed E-state index contributed by atoms with van der Waals surface area (Å²) in [6.45, 7) is 8.29. The van der Waals surface area contributed by atoms with Gasteiger partial charge in [-0.3, -0.25) is 0 Å². The number of rotatable bonds is 11. The van der Waals surface area contributed by atoms with E-state index in [-0.39, 0.29) is 0 Å². The molecule has 0 saturated heterocycles. The fourth-order valence-corrected chi connectivity index (χ4v) is 3.38. The van der Waals surface area contributed by atoms with Crippen LogP contribution in [-0.4, -0.2) is 13.2 Å². The molecule has 144 valence electrons. The molecule has 1 aliphatic heterocycles. The average Bonchev–Trinajstić information content (AvgIpc) is 2.66. The first-order valence-electron chi connectivity index (χ1n) is 10.4. The van der Waals surface area contributed by atoms with E-state index in [4.69, 9.17) is 10.5 Å². The SMILES string of the molecule is CCCCNc1ccc(C2=CC=C(N)CO2)c(CCCC)c1CCCC. The van der Waals surface area contributed by atoms with Gasteiger partial charge in [0.2, 0.25) is 0 Å². The van der Waals surface area contributed by atoms with Gasteiger partial charge in [0.05, 0.1) is 0 Å². The number of nitrogens with two attached hydrogens (primary N) is 1. The molecule has 1 aromatic carbocycles. The van der Waals surface area contributed by atoms with Crippen LogP contribution in [0.3, 0.4) is 0 Å². The number of hydrogen-bond acceptors (Lipinski definition) is 3. The Labute approximate surface area is 159 Å². The molecule has 0 aliphatic carbocycles. The Kier molecular flexibility index (Phi) is 8.60. The predicted molar refractivity (Wildman–Crippen MR) is 113 cm³/mol. The van der Waals surface area contributed by atoms with Crippen LogP contribution in [-0.2, 0) is 17.6 Å². The van der Waals surface area contributed by atoms with Crippen molar-refractivity contribution in [1.82, 2.24) is 0 Å². The molecule has 3 nitrogen and oxygen atoms in total. The number of benzene rings is 1. The molecule has 3 heteroatoms. The normalized spacial score (nSPS) is 13.8. The first kappa shape index (κ1) is 20.4. The van der Waals surface area contributed by atoms with E-state index in [9.17, 15) is 0 Å². The topological polar surface area (TPSA) is 47.3 Å². The molecular weight excluding hydrogens is 320 g/mol. The van der Waals surface area contributed by atoms with E-state index in [1.807, 2.05) is 12.2 Å². The molecule has 3 N–H and O–H groups in total. The van der Waals surface area contributed by atoms with Crippen LogP contribution in [0.4, 0.5) is 5.69 Å². The predicted octanol–water partition coefficient (Wildman–Crippen LogP) is 5.80. The molecule has 0 radical (unpaired) electrons. The minimum Gasteiger partial charge on any atom is -0.487 e. The highest BCUT2D eigenvalue weighted by atomic mass is 16.5. The monoisotopic (exact) mass is 356 g/mol. The second-order valence-electron chi connectivity index (χ2n) is 7.17. The Hall–Kier alpha value is -1.90. The van der Waals surface area contributed by atoms with E-state index in [1.54, 1.807) is 0 Å². The van der Waals surface area contributed by atoms with Gasteiger partial charge in [0.25, 0.3) is 0 Å². The van der Waals surface area contributed by atoms with Crippen molar-refractivity contribution < 1.29 is 4.74 Å². The first-order valence-corrected chi connectivity index (χ1v) is 10.4. The molecule has 0 spiro atoms. The van der Waals surface area contributed by atoms with E-state index in [0.717, 1.165) is 30.8 Å². The van der Waals surface area contributed by atoms with E-state index in [1.165, 1.54) is 60.9 Å². The van der Waals surface area contributed by atoms with E-state index in [0.29, 0.717) is 6.61 Å². The lowest BCUT2D eigenvalue weighted by Crippen LogP contribution is -2.13. The van der Waals surface area contributed by atoms with Crippen molar-refractivity contribution in [3.8, 4) is 0 Å². The van der Waals surface area contributed by atoms with E-state index in [2.05, 4.69) is 38.2 Å². The Bertz CT molecular complexity index is 631. The Morgan fingerprint density at radius 1 is 0.923 bits per heavy atom. The van der Waals surface area contributed by atoms with Crippen LogP contribution < -0.4 is 11.1 Å². The smallest absolute Gasteiger partial charge is 0.127 e. The number of hydrogen-bond donors (Lipinski definition) is 2. The Morgan fingerprint density at radius 2 is 1.62 bits per heavy atom. The molecule has 2 rings (SSSR count). The second-order valence-corrected chi connectivity index (χ2v) is 7.17. The highest BCUT2D eigenvalue weighted by molar-refractivity contribution is 5.71. The lowest BCUT2D eigenvalue weighted by molar-refractivity contribution is 0.303. The third kappa shape index (κ3) is 5.55. The average molecular weight is 357 g/mol. The van der Waals surface area contributed by atoms with Gasteiger partial charge in [-0.25, -0.2) is 0 Å². The van der Waals surface area contributed by atoms with Gasteiger partial charge in [0.1, 0.15) is 12.4 Å². The second kappa shape index (κ2) is 10.9. The number of anilines is 1. The van der Waals surface area contributed by atoms with Crippen molar-refractivity contribution in [2.45, 2.75) is 72.1 Å². The highest BCUT2D eigenvalue weighted by Crippen LogP contribution is 2.33. The maximum Gasteiger partial charge on any atom is 0.127 e. The van der Waals surface area contributed by atoms with Crippen molar-refractivity contribution in [2.75, 3.05) is 18.5 Å². The van der Waals surface area contributed by atoms with Crippen LogP contribution in [0.5, 0.6) is 0 Å². The summed E-state index contributed by atoms with van der Waals surface area (Å²) in [7, 11) is 0. The first-order chi connectivity index (χ1) is 12.7. The molecule has 0 amide bonds. The maximum atomic E-state index is 5.94. The van der Waals surface area contributed by atoms with Gasteiger partial charge in [-0.05, 0) is 67.5 Å². The van der Waals surface area contributed by atoms with Crippen molar-refractivity contribution in [3.05, 3.63) is 46.7 Å². The molecule has 0 bridgehead atoms. The summed E-state index contributed by atoms with van der Waals surface area (Å²) in [4.78, 5) is 0. The summed E-state index contributed by atoms with van der Waals surface area (Å²) in [6, 6.07) is 4.48. The molecular formula is C23H36N2O. The van der Waals surface area contributed by atoms with Gasteiger partial charge in [-0.15, -0.1) is 0 Å². The quantitative estimate of drug-likeness (QED) is 0.493. The summed E-state index contributed by atoms with van der Waals surface area (Å²) in [5.41, 5.74) is 12.2. The molecule has 0 aromatic heterocycles. The zero-order valence-corrected chi connectivity index (χ0v) is 16.9. The Morgan fingerprint density at radius 3 is 2.23 bits per heavy atom. The van der Waals surface area contributed by atoms with E-state index >= 15 is 0 Å². The molecule has 26 heavy (non-hydrogen) atoms. The molecule has 0 unspecified atom stereocenters. The largest absolute Gasteiger partial charge is 0.487 e. The molecule has 0 atom stereocenters.